The first kappa shape index (κ1) is 24.0. The Kier molecular flexibility index (Phi) is 5.89. The topological polar surface area (TPSA) is 35.9 Å². The Morgan fingerprint density at radius 2 is 1.25 bits per heavy atom. The lowest BCUT2D eigenvalue weighted by Crippen LogP contribution is -2.34. The Labute approximate surface area is 399 Å². The summed E-state index contributed by atoms with van der Waals surface area (Å²) in [6.07, 6.45) is 4.72. The van der Waals surface area contributed by atoms with Crippen molar-refractivity contribution in [1.82, 2.24) is 14.1 Å². The molecule has 11 rings (SSSR count). The Morgan fingerprint density at radius 3 is 1.98 bits per heavy atom. The second kappa shape index (κ2) is 15.7. The molecule has 8 aromatic carbocycles. The first-order chi connectivity index (χ1) is 38.7. The summed E-state index contributed by atoms with van der Waals surface area (Å²) in [6, 6.07) is 23.6. The van der Waals surface area contributed by atoms with Crippen molar-refractivity contribution in [2.45, 2.75) is 33.0 Å². The third-order valence-corrected chi connectivity index (χ3v) is 11.1. The maximum Gasteiger partial charge on any atom is 0.269 e. The van der Waals surface area contributed by atoms with Crippen LogP contribution in [0.3, 0.4) is 0 Å². The smallest absolute Gasteiger partial charge is 0.269 e. The number of aromatic nitrogens is 4. The van der Waals surface area contributed by atoms with E-state index in [0.717, 1.165) is 10.8 Å². The van der Waals surface area contributed by atoms with E-state index in [4.69, 9.17) is 26.7 Å². The average molecular weight is 845 g/mol. The average Bonchev–Trinajstić information content (AvgIpc) is 4.15. The third kappa shape index (κ3) is 6.92. The van der Waals surface area contributed by atoms with Gasteiger partial charge in [0, 0.05) is 32.7 Å². The second-order valence-corrected chi connectivity index (χ2v) is 16.1. The van der Waals surface area contributed by atoms with E-state index in [1.54, 1.807) is 50.1 Å². The molecule has 0 radical (unpaired) electrons. The molecule has 0 aliphatic rings. The molecule has 0 atom stereocenters. The lowest BCUT2D eigenvalue weighted by Gasteiger charge is -2.27. The molecule has 0 unspecified atom stereocenters. The highest BCUT2D eigenvalue weighted by Gasteiger charge is 2.26. The van der Waals surface area contributed by atoms with Gasteiger partial charge < -0.3 is 4.74 Å². The monoisotopic (exact) mass is 844 g/mol. The summed E-state index contributed by atoms with van der Waals surface area (Å²) in [5.41, 5.74) is 2.42. The summed E-state index contributed by atoms with van der Waals surface area (Å²) < 4.78 is 167. The Bertz CT molecular complexity index is 4450. The van der Waals surface area contributed by atoms with Crippen LogP contribution in [-0.4, -0.2) is 14.1 Å². The summed E-state index contributed by atoms with van der Waals surface area (Å²) in [6.45, 7) is 2.93. The van der Waals surface area contributed by atoms with E-state index >= 15 is 0 Å². The summed E-state index contributed by atoms with van der Waals surface area (Å²) in [7, 11) is 0. The zero-order valence-corrected chi connectivity index (χ0v) is 34.7. The van der Waals surface area contributed by atoms with E-state index in [1.807, 2.05) is 81.4 Å². The molecule has 308 valence electrons. The van der Waals surface area contributed by atoms with Crippen LogP contribution in [-0.2, 0) is 5.41 Å². The Balaban J connectivity index is 1.07. The standard InChI is InChI=1S/C59H46N4O/c1-40-33-57(60-38-51(40)43-23-12-7-13-24-43)63-53-28-15-14-27-48(53)49-32-31-47(37-56(49)63)64-46-26-18-25-45(36-46)61-39-62(55-30-17-16-29-54(55)61)58-50(42-21-10-6-11-22-42)34-44(35-52(58)59(2,3)4)41-19-8-5-9-20-41/h5-38H,1-4H3/i1D3,5D,6D,7D,8D,9D,10D,11D,12D,13D,19D,20D,21D,22D,23D,24D. The molecule has 0 saturated carbocycles. The highest BCUT2D eigenvalue weighted by molar-refractivity contribution is 6.09. The number of rotatable bonds is 8. The van der Waals surface area contributed by atoms with E-state index in [2.05, 4.69) is 11.3 Å². The van der Waals surface area contributed by atoms with Crippen molar-refractivity contribution in [2.24, 2.45) is 0 Å². The number of aryl methyl sites for hydroxylation is 1. The van der Waals surface area contributed by atoms with Gasteiger partial charge in [-0.25, -0.2) is 4.98 Å². The van der Waals surface area contributed by atoms with Crippen LogP contribution in [0.15, 0.2) is 206 Å². The molecule has 0 aliphatic heterocycles. The van der Waals surface area contributed by atoms with Crippen molar-refractivity contribution in [3.63, 3.8) is 0 Å². The van der Waals surface area contributed by atoms with Gasteiger partial charge >= 0.3 is 0 Å². The van der Waals surface area contributed by atoms with Gasteiger partial charge in [-0.2, -0.15) is 0 Å². The van der Waals surface area contributed by atoms with Gasteiger partial charge in [0.25, 0.3) is 6.33 Å². The largest absolute Gasteiger partial charge is 0.458 e. The number of hydrogen-bond donors (Lipinski definition) is 0. The molecule has 0 bridgehead atoms. The quantitative estimate of drug-likeness (QED) is 0.113. The molecule has 0 fully saturated rings. The molecular formula is C59H46N4O. The molecule has 0 amide bonds. The van der Waals surface area contributed by atoms with E-state index in [0.29, 0.717) is 50.5 Å². The molecule has 5 heteroatoms. The number of ether oxygens (including phenoxy) is 1. The van der Waals surface area contributed by atoms with Crippen LogP contribution in [0.25, 0.3) is 83.4 Å². The van der Waals surface area contributed by atoms with Crippen LogP contribution < -0.4 is 9.30 Å². The molecule has 0 spiro atoms. The maximum absolute atomic E-state index is 9.24. The number of pyridine rings is 1. The van der Waals surface area contributed by atoms with Crippen molar-refractivity contribution in [3.8, 4) is 62.1 Å². The summed E-state index contributed by atoms with van der Waals surface area (Å²) >= 11 is 0. The van der Waals surface area contributed by atoms with Crippen molar-refractivity contribution in [2.75, 3.05) is 0 Å². The maximum atomic E-state index is 9.24. The van der Waals surface area contributed by atoms with Crippen LogP contribution >= 0.6 is 0 Å². The number of benzene rings is 8. The molecule has 0 saturated heterocycles. The van der Waals surface area contributed by atoms with Gasteiger partial charge in [0.05, 0.1) is 54.0 Å². The van der Waals surface area contributed by atoms with Gasteiger partial charge in [-0.3, -0.25) is 13.7 Å². The number of fused-ring (bicyclic) bond motifs is 4. The fraction of sp³-hybridized carbons (Fsp3) is 0.0847. The number of imidazole rings is 1. The van der Waals surface area contributed by atoms with Crippen molar-refractivity contribution in [1.29, 1.82) is 0 Å². The summed E-state index contributed by atoms with van der Waals surface area (Å²) in [5, 5.41) is 1.59. The minimum Gasteiger partial charge on any atom is -0.458 e. The van der Waals surface area contributed by atoms with Crippen LogP contribution in [0.5, 0.6) is 11.5 Å². The van der Waals surface area contributed by atoms with Gasteiger partial charge in [-0.1, -0.05) is 166 Å². The fourth-order valence-electron chi connectivity index (χ4n) is 8.21. The van der Waals surface area contributed by atoms with E-state index in [-0.39, 0.29) is 44.8 Å². The molecule has 0 aliphatic carbocycles. The van der Waals surface area contributed by atoms with Gasteiger partial charge in [0.15, 0.2) is 0 Å². The molecule has 11 aromatic rings. The van der Waals surface area contributed by atoms with Gasteiger partial charge in [0.2, 0.25) is 0 Å². The fourth-order valence-corrected chi connectivity index (χ4v) is 8.21. The Hall–Kier alpha value is -8.02. The van der Waals surface area contributed by atoms with Gasteiger partial charge in [0.1, 0.15) is 17.3 Å². The SMILES string of the molecule is [2H]c1c([2H])c([2H])c(-c2cc(-c3c([2H])c([2H])c([2H])c([2H])c3[2H])c(-[n+]3[c-]n(-c4cccc(Oc5ccc6c7ccccc7n(-c7cc(C([2H])([2H])[2H])c(-c8c([2H])c([2H])c([2H])c([2H])c8[2H])cn7)c6c5)c4)c4ccccc43)c(C(C)(C)C)c2)c([2H])c1[2H]. The van der Waals surface area contributed by atoms with Crippen molar-refractivity contribution >= 4 is 32.8 Å². The van der Waals surface area contributed by atoms with Crippen LogP contribution in [0, 0.1) is 13.2 Å². The molecule has 5 nitrogen and oxygen atoms in total. The van der Waals surface area contributed by atoms with Gasteiger partial charge in [-0.15, -0.1) is 0 Å². The number of hydrogen-bond acceptors (Lipinski definition) is 2. The van der Waals surface area contributed by atoms with Crippen LogP contribution in [0.1, 0.15) is 56.6 Å². The zero-order valence-electron chi connectivity index (χ0n) is 52.7. The second-order valence-electron chi connectivity index (χ2n) is 16.1. The Morgan fingerprint density at radius 1 is 0.594 bits per heavy atom. The lowest BCUT2D eigenvalue weighted by molar-refractivity contribution is -0.572. The number of para-hydroxylation sites is 3. The summed E-state index contributed by atoms with van der Waals surface area (Å²) in [5.74, 6) is 0.958. The first-order valence-corrected chi connectivity index (χ1v) is 20.4. The highest BCUT2D eigenvalue weighted by Crippen LogP contribution is 2.40. The van der Waals surface area contributed by atoms with E-state index < -0.39 is 103 Å². The lowest BCUT2D eigenvalue weighted by atomic mass is 9.81. The van der Waals surface area contributed by atoms with Crippen molar-refractivity contribution in [3.05, 3.63) is 223 Å². The molecular weight excluding hydrogens is 781 g/mol. The van der Waals surface area contributed by atoms with E-state index in [9.17, 15) is 2.74 Å². The summed E-state index contributed by atoms with van der Waals surface area (Å²) in [4.78, 5) is 4.69. The zero-order chi connectivity index (χ0) is 58.9. The molecule has 3 aromatic heterocycles. The molecule has 3 heterocycles. The molecule has 64 heavy (non-hydrogen) atoms. The highest BCUT2D eigenvalue weighted by atomic mass is 16.5. The third-order valence-electron chi connectivity index (χ3n) is 11.1. The van der Waals surface area contributed by atoms with Crippen LogP contribution in [0.4, 0.5) is 0 Å². The predicted octanol–water partition coefficient (Wildman–Crippen LogP) is 14.6. The minimum atomic E-state index is -2.81. The predicted molar refractivity (Wildman–Crippen MR) is 262 cm³/mol. The first-order valence-electron chi connectivity index (χ1n) is 29.4. The normalized spacial score (nSPS) is 15.9. The van der Waals surface area contributed by atoms with Crippen LogP contribution in [0.2, 0.25) is 0 Å². The van der Waals surface area contributed by atoms with Crippen molar-refractivity contribution < 1.29 is 34.0 Å². The van der Waals surface area contributed by atoms with E-state index in [1.165, 1.54) is 18.3 Å². The molecule has 0 N–H and O–H groups in total. The van der Waals surface area contributed by atoms with Gasteiger partial charge in [-0.05, 0) is 99.7 Å². The number of nitrogens with zero attached hydrogens (tertiary/aromatic N) is 4. The minimum absolute atomic E-state index is 0.120.